The van der Waals surface area contributed by atoms with Crippen LogP contribution in [0.2, 0.25) is 0 Å². The zero-order valence-corrected chi connectivity index (χ0v) is 7.63. The molecule has 0 radical (unpaired) electrons. The summed E-state index contributed by atoms with van der Waals surface area (Å²) < 4.78 is 0. The molecule has 2 nitrogen and oxygen atoms in total. The maximum Gasteiger partial charge on any atom is 0.0238 e. The molecule has 1 atom stereocenters. The molecule has 3 heterocycles. The number of hydrogen-bond acceptors (Lipinski definition) is 2. The molecule has 2 heteroatoms. The van der Waals surface area contributed by atoms with Gasteiger partial charge in [-0.05, 0) is 38.6 Å². The molecule has 3 fully saturated rings. The zero-order valence-electron chi connectivity index (χ0n) is 7.63. The topological polar surface area (TPSA) is 15.3 Å². The van der Waals surface area contributed by atoms with Gasteiger partial charge < -0.3 is 5.32 Å². The summed E-state index contributed by atoms with van der Waals surface area (Å²) >= 11 is 0. The van der Waals surface area contributed by atoms with Crippen molar-refractivity contribution in [2.45, 2.75) is 50.2 Å². The molecule has 0 aliphatic carbocycles. The second kappa shape index (κ2) is 2.71. The van der Waals surface area contributed by atoms with Gasteiger partial charge in [0.2, 0.25) is 0 Å². The van der Waals surface area contributed by atoms with E-state index in [0.29, 0.717) is 0 Å². The SMILES string of the molecule is C1C[C@@H](N2C3CCC2CC3)CN1. The quantitative estimate of drug-likeness (QED) is 0.624. The van der Waals surface area contributed by atoms with E-state index in [9.17, 15) is 0 Å². The molecule has 3 aliphatic heterocycles. The van der Waals surface area contributed by atoms with Gasteiger partial charge in [-0.1, -0.05) is 0 Å². The third kappa shape index (κ3) is 0.944. The van der Waals surface area contributed by atoms with E-state index < -0.39 is 0 Å². The summed E-state index contributed by atoms with van der Waals surface area (Å²) in [6.45, 7) is 2.51. The van der Waals surface area contributed by atoms with Gasteiger partial charge in [0, 0.05) is 24.7 Å². The van der Waals surface area contributed by atoms with Crippen molar-refractivity contribution in [2.75, 3.05) is 13.1 Å². The molecule has 68 valence electrons. The van der Waals surface area contributed by atoms with Crippen LogP contribution in [0.15, 0.2) is 0 Å². The molecule has 0 aromatic heterocycles. The molecule has 3 rings (SSSR count). The third-order valence-corrected chi connectivity index (χ3v) is 3.97. The Kier molecular flexibility index (Phi) is 1.66. The van der Waals surface area contributed by atoms with Crippen molar-refractivity contribution in [1.82, 2.24) is 10.2 Å². The fourth-order valence-corrected chi connectivity index (χ4v) is 3.44. The molecule has 0 unspecified atom stereocenters. The highest BCUT2D eigenvalue weighted by atomic mass is 15.3. The molecule has 0 aromatic rings. The fraction of sp³-hybridized carbons (Fsp3) is 1.00. The minimum Gasteiger partial charge on any atom is -0.315 e. The summed E-state index contributed by atoms with van der Waals surface area (Å²) in [4.78, 5) is 2.83. The van der Waals surface area contributed by atoms with E-state index in [-0.39, 0.29) is 0 Å². The first-order valence-electron chi connectivity index (χ1n) is 5.43. The lowest BCUT2D eigenvalue weighted by Gasteiger charge is -2.28. The Balaban J connectivity index is 1.75. The highest BCUT2D eigenvalue weighted by Gasteiger charge is 2.43. The van der Waals surface area contributed by atoms with Crippen LogP contribution < -0.4 is 5.32 Å². The molecule has 12 heavy (non-hydrogen) atoms. The molecule has 0 aromatic carbocycles. The van der Waals surface area contributed by atoms with E-state index in [1.54, 1.807) is 0 Å². The van der Waals surface area contributed by atoms with Crippen LogP contribution in [0, 0.1) is 0 Å². The zero-order chi connectivity index (χ0) is 7.97. The van der Waals surface area contributed by atoms with Crippen molar-refractivity contribution in [3.63, 3.8) is 0 Å². The van der Waals surface area contributed by atoms with Gasteiger partial charge in [0.05, 0.1) is 0 Å². The highest BCUT2D eigenvalue weighted by Crippen LogP contribution is 2.39. The van der Waals surface area contributed by atoms with Crippen LogP contribution in [0.5, 0.6) is 0 Å². The largest absolute Gasteiger partial charge is 0.315 e. The van der Waals surface area contributed by atoms with Crippen molar-refractivity contribution in [3.8, 4) is 0 Å². The van der Waals surface area contributed by atoms with Crippen LogP contribution in [-0.4, -0.2) is 36.1 Å². The number of nitrogens with zero attached hydrogens (tertiary/aromatic N) is 1. The predicted molar refractivity (Wildman–Crippen MR) is 49.2 cm³/mol. The Morgan fingerprint density at radius 1 is 0.833 bits per heavy atom. The van der Waals surface area contributed by atoms with Crippen molar-refractivity contribution in [2.24, 2.45) is 0 Å². The van der Waals surface area contributed by atoms with Crippen LogP contribution >= 0.6 is 0 Å². The summed E-state index contributed by atoms with van der Waals surface area (Å²) in [6, 6.07) is 2.84. The van der Waals surface area contributed by atoms with Crippen LogP contribution in [-0.2, 0) is 0 Å². The average Bonchev–Trinajstić information content (AvgIpc) is 2.78. The Morgan fingerprint density at radius 2 is 1.50 bits per heavy atom. The fourth-order valence-electron chi connectivity index (χ4n) is 3.44. The maximum atomic E-state index is 3.48. The lowest BCUT2D eigenvalue weighted by molar-refractivity contribution is 0.187. The molecular weight excluding hydrogens is 148 g/mol. The van der Waals surface area contributed by atoms with Gasteiger partial charge in [0.15, 0.2) is 0 Å². The van der Waals surface area contributed by atoms with Gasteiger partial charge >= 0.3 is 0 Å². The van der Waals surface area contributed by atoms with Crippen LogP contribution in [0.1, 0.15) is 32.1 Å². The second-order valence-electron chi connectivity index (χ2n) is 4.56. The molecular formula is C10H18N2. The van der Waals surface area contributed by atoms with Crippen LogP contribution in [0.4, 0.5) is 0 Å². The minimum absolute atomic E-state index is 0.894. The van der Waals surface area contributed by atoms with Crippen molar-refractivity contribution >= 4 is 0 Å². The van der Waals surface area contributed by atoms with Crippen LogP contribution in [0.25, 0.3) is 0 Å². The molecule has 3 aliphatic rings. The van der Waals surface area contributed by atoms with Gasteiger partial charge in [0.25, 0.3) is 0 Å². The van der Waals surface area contributed by atoms with E-state index in [1.807, 2.05) is 0 Å². The van der Waals surface area contributed by atoms with Gasteiger partial charge in [-0.25, -0.2) is 0 Å². The van der Waals surface area contributed by atoms with E-state index in [1.165, 1.54) is 45.2 Å². The molecule has 3 saturated heterocycles. The predicted octanol–water partition coefficient (Wildman–Crippen LogP) is 0.975. The first-order valence-corrected chi connectivity index (χ1v) is 5.43. The molecule has 1 N–H and O–H groups in total. The van der Waals surface area contributed by atoms with Gasteiger partial charge in [-0.2, -0.15) is 0 Å². The Morgan fingerprint density at radius 3 is 2.00 bits per heavy atom. The first kappa shape index (κ1) is 7.34. The Hall–Kier alpha value is -0.0800. The van der Waals surface area contributed by atoms with Gasteiger partial charge in [-0.15, -0.1) is 0 Å². The number of nitrogens with one attached hydrogen (secondary N) is 1. The van der Waals surface area contributed by atoms with Crippen molar-refractivity contribution < 1.29 is 0 Å². The summed E-state index contributed by atoms with van der Waals surface area (Å²) in [6.07, 6.45) is 7.34. The van der Waals surface area contributed by atoms with Gasteiger partial charge in [-0.3, -0.25) is 4.90 Å². The Labute approximate surface area is 74.3 Å². The van der Waals surface area contributed by atoms with Crippen molar-refractivity contribution in [3.05, 3.63) is 0 Å². The molecule has 0 amide bonds. The lowest BCUT2D eigenvalue weighted by atomic mass is 10.0. The standard InChI is InChI=1S/C10H18N2/c1-2-9-4-3-8(1)12(9)10-5-6-11-7-10/h8-11H,1-7H2/t8?,9?,10-/m1/s1. The van der Waals surface area contributed by atoms with E-state index >= 15 is 0 Å². The highest BCUT2D eigenvalue weighted by molar-refractivity contribution is 4.99. The number of hydrogen-bond donors (Lipinski definition) is 1. The maximum absolute atomic E-state index is 3.48. The first-order chi connectivity index (χ1) is 5.95. The van der Waals surface area contributed by atoms with E-state index in [4.69, 9.17) is 0 Å². The van der Waals surface area contributed by atoms with E-state index in [2.05, 4.69) is 10.2 Å². The second-order valence-corrected chi connectivity index (χ2v) is 4.56. The molecule has 0 spiro atoms. The molecule has 0 saturated carbocycles. The molecule has 2 bridgehead atoms. The summed E-state index contributed by atoms with van der Waals surface area (Å²) in [7, 11) is 0. The minimum atomic E-state index is 0.894. The van der Waals surface area contributed by atoms with Gasteiger partial charge in [0.1, 0.15) is 0 Å². The van der Waals surface area contributed by atoms with E-state index in [0.717, 1.165) is 18.1 Å². The Bertz CT molecular complexity index is 155. The smallest absolute Gasteiger partial charge is 0.0238 e. The van der Waals surface area contributed by atoms with Crippen molar-refractivity contribution in [1.29, 1.82) is 0 Å². The summed E-state index contributed by atoms with van der Waals surface area (Å²) in [5.41, 5.74) is 0. The lowest BCUT2D eigenvalue weighted by Crippen LogP contribution is -2.40. The summed E-state index contributed by atoms with van der Waals surface area (Å²) in [5, 5.41) is 3.48. The monoisotopic (exact) mass is 166 g/mol. The summed E-state index contributed by atoms with van der Waals surface area (Å²) in [5.74, 6) is 0. The van der Waals surface area contributed by atoms with Crippen LogP contribution in [0.3, 0.4) is 0 Å². The third-order valence-electron chi connectivity index (χ3n) is 3.97. The number of rotatable bonds is 1. The number of fused-ring (bicyclic) bond motifs is 2. The average molecular weight is 166 g/mol. The normalized spacial score (nSPS) is 47.5.